The third kappa shape index (κ3) is 2.08. The zero-order chi connectivity index (χ0) is 15.3. The van der Waals surface area contributed by atoms with Crippen LogP contribution in [-0.2, 0) is 10.2 Å². The van der Waals surface area contributed by atoms with Gasteiger partial charge in [0.1, 0.15) is 0 Å². The second-order valence-electron chi connectivity index (χ2n) is 6.03. The van der Waals surface area contributed by atoms with E-state index in [1.54, 1.807) is 18.3 Å². The number of thiazole rings is 1. The van der Waals surface area contributed by atoms with Crippen LogP contribution in [0.5, 0.6) is 0 Å². The average molecular weight is 378 g/mol. The molecule has 1 aromatic heterocycles. The lowest BCUT2D eigenvalue weighted by Crippen LogP contribution is -2.36. The molecule has 0 N–H and O–H groups in total. The SMILES string of the molecule is CC(=O)N1CCC2(C1)CN(c1nccs1)c1ccc(Br)cc12. The number of nitrogens with zero attached hydrogens (tertiary/aromatic N) is 3. The van der Waals surface area contributed by atoms with E-state index in [1.165, 1.54) is 11.3 Å². The lowest BCUT2D eigenvalue weighted by atomic mass is 9.81. The number of carbonyl (C=O) groups excluding carboxylic acids is 1. The molecular formula is C16H16BrN3OS. The molecule has 114 valence electrons. The highest BCUT2D eigenvalue weighted by molar-refractivity contribution is 9.10. The minimum Gasteiger partial charge on any atom is -0.342 e. The highest BCUT2D eigenvalue weighted by atomic mass is 79.9. The second-order valence-corrected chi connectivity index (χ2v) is 7.82. The summed E-state index contributed by atoms with van der Waals surface area (Å²) in [5.74, 6) is 0.168. The highest BCUT2D eigenvalue weighted by Gasteiger charge is 2.48. The van der Waals surface area contributed by atoms with Crippen molar-refractivity contribution in [1.29, 1.82) is 0 Å². The predicted octanol–water partition coefficient (Wildman–Crippen LogP) is 3.55. The summed E-state index contributed by atoms with van der Waals surface area (Å²) in [4.78, 5) is 20.5. The molecule has 1 spiro atoms. The molecular weight excluding hydrogens is 362 g/mol. The van der Waals surface area contributed by atoms with Gasteiger partial charge in [0.25, 0.3) is 0 Å². The third-order valence-corrected chi connectivity index (χ3v) is 6.02. The lowest BCUT2D eigenvalue weighted by molar-refractivity contribution is -0.127. The van der Waals surface area contributed by atoms with E-state index in [2.05, 4.69) is 44.0 Å². The summed E-state index contributed by atoms with van der Waals surface area (Å²) in [5, 5.41) is 3.04. The maximum absolute atomic E-state index is 11.8. The molecule has 2 aromatic rings. The Morgan fingerprint density at radius 2 is 2.27 bits per heavy atom. The monoisotopic (exact) mass is 377 g/mol. The summed E-state index contributed by atoms with van der Waals surface area (Å²) < 4.78 is 1.09. The van der Waals surface area contributed by atoms with Crippen LogP contribution in [0.25, 0.3) is 0 Å². The van der Waals surface area contributed by atoms with E-state index in [4.69, 9.17) is 0 Å². The summed E-state index contributed by atoms with van der Waals surface area (Å²) in [7, 11) is 0. The van der Waals surface area contributed by atoms with Crippen molar-refractivity contribution in [2.45, 2.75) is 18.8 Å². The van der Waals surface area contributed by atoms with Crippen LogP contribution in [0.3, 0.4) is 0 Å². The first-order valence-electron chi connectivity index (χ1n) is 7.32. The Morgan fingerprint density at radius 1 is 1.41 bits per heavy atom. The lowest BCUT2D eigenvalue weighted by Gasteiger charge is -2.25. The van der Waals surface area contributed by atoms with Crippen molar-refractivity contribution >= 4 is 44.0 Å². The van der Waals surface area contributed by atoms with Gasteiger partial charge in [0.2, 0.25) is 5.91 Å². The fourth-order valence-electron chi connectivity index (χ4n) is 3.65. The molecule has 4 rings (SSSR count). The maximum Gasteiger partial charge on any atom is 0.219 e. The number of halogens is 1. The van der Waals surface area contributed by atoms with Crippen molar-refractivity contribution in [2.75, 3.05) is 24.5 Å². The molecule has 3 heterocycles. The number of aromatic nitrogens is 1. The Bertz CT molecular complexity index is 733. The zero-order valence-electron chi connectivity index (χ0n) is 12.3. The first-order chi connectivity index (χ1) is 10.6. The highest BCUT2D eigenvalue weighted by Crippen LogP contribution is 2.50. The molecule has 0 bridgehead atoms. The molecule has 1 atom stereocenters. The topological polar surface area (TPSA) is 36.4 Å². The molecule has 22 heavy (non-hydrogen) atoms. The molecule has 6 heteroatoms. The van der Waals surface area contributed by atoms with Gasteiger partial charge < -0.3 is 9.80 Å². The van der Waals surface area contributed by atoms with E-state index < -0.39 is 0 Å². The van der Waals surface area contributed by atoms with E-state index in [1.807, 2.05) is 16.5 Å². The van der Waals surface area contributed by atoms with Crippen LogP contribution in [0.1, 0.15) is 18.9 Å². The van der Waals surface area contributed by atoms with Gasteiger partial charge in [-0.25, -0.2) is 4.98 Å². The standard InChI is InChI=1S/C16H16BrN3OS/c1-11(21)19-6-4-16(9-19)10-20(15-18-5-7-22-15)14-3-2-12(17)8-13(14)16/h2-3,5,7-8H,4,6,9-10H2,1H3. The summed E-state index contributed by atoms with van der Waals surface area (Å²) in [6.45, 7) is 4.20. The van der Waals surface area contributed by atoms with Gasteiger partial charge in [-0.15, -0.1) is 11.3 Å². The molecule has 2 aliphatic heterocycles. The fraction of sp³-hybridized carbons (Fsp3) is 0.375. The fourth-order valence-corrected chi connectivity index (χ4v) is 4.67. The number of fused-ring (bicyclic) bond motifs is 2. The summed E-state index contributed by atoms with van der Waals surface area (Å²) >= 11 is 5.26. The first kappa shape index (κ1) is 14.2. The Labute approximate surface area is 141 Å². The number of rotatable bonds is 1. The summed E-state index contributed by atoms with van der Waals surface area (Å²) in [6.07, 6.45) is 2.86. The van der Waals surface area contributed by atoms with Gasteiger partial charge in [0.05, 0.1) is 0 Å². The van der Waals surface area contributed by atoms with Crippen LogP contribution in [-0.4, -0.2) is 35.4 Å². The van der Waals surface area contributed by atoms with Gasteiger partial charge in [-0.1, -0.05) is 15.9 Å². The van der Waals surface area contributed by atoms with Crippen molar-refractivity contribution in [3.63, 3.8) is 0 Å². The van der Waals surface area contributed by atoms with Gasteiger partial charge in [-0.2, -0.15) is 0 Å². The summed E-state index contributed by atoms with van der Waals surface area (Å²) in [6, 6.07) is 6.45. The Hall–Kier alpha value is -1.40. The average Bonchev–Trinajstić information content (AvgIpc) is 3.20. The molecule has 2 aliphatic rings. The Morgan fingerprint density at radius 3 is 2.95 bits per heavy atom. The maximum atomic E-state index is 11.8. The Kier molecular flexibility index (Phi) is 3.27. The van der Waals surface area contributed by atoms with Crippen molar-refractivity contribution in [1.82, 2.24) is 9.88 Å². The van der Waals surface area contributed by atoms with Gasteiger partial charge in [0.15, 0.2) is 5.13 Å². The molecule has 1 fully saturated rings. The molecule has 0 aliphatic carbocycles. The molecule has 1 unspecified atom stereocenters. The number of amides is 1. The largest absolute Gasteiger partial charge is 0.342 e. The third-order valence-electron chi connectivity index (χ3n) is 4.73. The van der Waals surface area contributed by atoms with E-state index in [-0.39, 0.29) is 11.3 Å². The van der Waals surface area contributed by atoms with E-state index in [0.717, 1.165) is 35.7 Å². The normalized spacial score (nSPS) is 23.4. The molecule has 0 radical (unpaired) electrons. The van der Waals surface area contributed by atoms with Crippen LogP contribution in [0, 0.1) is 0 Å². The van der Waals surface area contributed by atoms with Crippen LogP contribution < -0.4 is 4.90 Å². The van der Waals surface area contributed by atoms with E-state index in [9.17, 15) is 4.79 Å². The zero-order valence-corrected chi connectivity index (χ0v) is 14.7. The summed E-state index contributed by atoms with van der Waals surface area (Å²) in [5.41, 5.74) is 2.58. The van der Waals surface area contributed by atoms with Crippen LogP contribution in [0.4, 0.5) is 10.8 Å². The molecule has 0 saturated carbocycles. The first-order valence-corrected chi connectivity index (χ1v) is 8.99. The van der Waals surface area contributed by atoms with E-state index in [0.29, 0.717) is 0 Å². The second kappa shape index (κ2) is 5.06. The van der Waals surface area contributed by atoms with Crippen molar-refractivity contribution in [2.24, 2.45) is 0 Å². The van der Waals surface area contributed by atoms with Crippen LogP contribution in [0.2, 0.25) is 0 Å². The quantitative estimate of drug-likeness (QED) is 0.762. The van der Waals surface area contributed by atoms with Gasteiger partial charge in [-0.3, -0.25) is 4.79 Å². The predicted molar refractivity (Wildman–Crippen MR) is 91.8 cm³/mol. The number of likely N-dealkylation sites (tertiary alicyclic amines) is 1. The van der Waals surface area contributed by atoms with Crippen molar-refractivity contribution < 1.29 is 4.79 Å². The Balaban J connectivity index is 1.80. The number of carbonyl (C=O) groups is 1. The molecule has 1 aromatic carbocycles. The van der Waals surface area contributed by atoms with E-state index >= 15 is 0 Å². The van der Waals surface area contributed by atoms with Crippen molar-refractivity contribution in [3.8, 4) is 0 Å². The minimum absolute atomic E-state index is 0.0243. The van der Waals surface area contributed by atoms with Crippen LogP contribution in [0.15, 0.2) is 34.2 Å². The molecule has 1 amide bonds. The van der Waals surface area contributed by atoms with Crippen LogP contribution >= 0.6 is 27.3 Å². The number of anilines is 2. The van der Waals surface area contributed by atoms with Gasteiger partial charge in [-0.05, 0) is 30.2 Å². The smallest absolute Gasteiger partial charge is 0.219 e. The molecule has 4 nitrogen and oxygen atoms in total. The number of hydrogen-bond donors (Lipinski definition) is 0. The van der Waals surface area contributed by atoms with Gasteiger partial charge >= 0.3 is 0 Å². The number of hydrogen-bond acceptors (Lipinski definition) is 4. The number of benzene rings is 1. The van der Waals surface area contributed by atoms with Crippen molar-refractivity contribution in [3.05, 3.63) is 39.8 Å². The minimum atomic E-state index is 0.0243. The van der Waals surface area contributed by atoms with Gasteiger partial charge in [0, 0.05) is 53.7 Å². The molecule has 1 saturated heterocycles.